The summed E-state index contributed by atoms with van der Waals surface area (Å²) >= 11 is 0. The van der Waals surface area contributed by atoms with Crippen LogP contribution < -0.4 is 10.5 Å². The highest BCUT2D eigenvalue weighted by molar-refractivity contribution is 7.89. The second-order valence-corrected chi connectivity index (χ2v) is 7.46. The van der Waals surface area contributed by atoms with E-state index in [4.69, 9.17) is 5.14 Å². The molecule has 0 bridgehead atoms. The van der Waals surface area contributed by atoms with E-state index in [0.29, 0.717) is 6.04 Å². The largest absolute Gasteiger partial charge is 0.312 e. The first kappa shape index (κ1) is 17.7. The van der Waals surface area contributed by atoms with Crippen LogP contribution in [0, 0.1) is 13.8 Å². The summed E-state index contributed by atoms with van der Waals surface area (Å²) in [6.07, 6.45) is 0.826. The molecule has 0 saturated heterocycles. The third kappa shape index (κ3) is 5.16. The van der Waals surface area contributed by atoms with Crippen LogP contribution in [0.2, 0.25) is 0 Å². The molecule has 1 unspecified atom stereocenters. The highest BCUT2D eigenvalue weighted by atomic mass is 32.2. The maximum atomic E-state index is 11.2. The molecule has 3 N–H and O–H groups in total. The van der Waals surface area contributed by atoms with Crippen LogP contribution in [-0.2, 0) is 23.0 Å². The molecule has 1 aromatic carbocycles. The van der Waals surface area contributed by atoms with Crippen molar-refractivity contribution in [2.75, 3.05) is 6.54 Å². The van der Waals surface area contributed by atoms with Gasteiger partial charge >= 0.3 is 0 Å². The van der Waals surface area contributed by atoms with Gasteiger partial charge in [-0.1, -0.05) is 12.1 Å². The number of nitrogens with two attached hydrogens (primary N) is 1. The molecule has 0 spiro atoms. The van der Waals surface area contributed by atoms with E-state index in [-0.39, 0.29) is 4.90 Å². The minimum absolute atomic E-state index is 0.145. The van der Waals surface area contributed by atoms with Crippen LogP contribution in [0.25, 0.3) is 0 Å². The SMILES string of the molecule is Cc1cc(C)n(CC(C)NCCc2ccc(S(N)(=O)=O)cc2)n1. The van der Waals surface area contributed by atoms with Crippen molar-refractivity contribution in [3.05, 3.63) is 47.3 Å². The van der Waals surface area contributed by atoms with E-state index in [2.05, 4.69) is 30.3 Å². The number of sulfonamides is 1. The molecule has 23 heavy (non-hydrogen) atoms. The average Bonchev–Trinajstić information content (AvgIpc) is 2.76. The third-order valence-electron chi connectivity index (χ3n) is 3.71. The van der Waals surface area contributed by atoms with Crippen LogP contribution in [-0.4, -0.2) is 30.8 Å². The van der Waals surface area contributed by atoms with Crippen molar-refractivity contribution in [1.29, 1.82) is 0 Å². The summed E-state index contributed by atoms with van der Waals surface area (Å²) in [5, 5.41) is 13.0. The van der Waals surface area contributed by atoms with E-state index < -0.39 is 10.0 Å². The molecule has 0 saturated carbocycles. The lowest BCUT2D eigenvalue weighted by molar-refractivity contribution is 0.447. The van der Waals surface area contributed by atoms with Gasteiger partial charge in [0.25, 0.3) is 0 Å². The highest BCUT2D eigenvalue weighted by Crippen LogP contribution is 2.09. The van der Waals surface area contributed by atoms with E-state index in [0.717, 1.165) is 36.5 Å². The first-order valence-corrected chi connectivity index (χ1v) is 9.16. The lowest BCUT2D eigenvalue weighted by atomic mass is 10.1. The Balaban J connectivity index is 1.81. The quantitative estimate of drug-likeness (QED) is 0.799. The number of nitrogens with zero attached hydrogens (tertiary/aromatic N) is 2. The van der Waals surface area contributed by atoms with Crippen LogP contribution in [0.4, 0.5) is 0 Å². The molecule has 0 fully saturated rings. The Labute approximate surface area is 137 Å². The van der Waals surface area contributed by atoms with Gasteiger partial charge in [0.05, 0.1) is 17.1 Å². The number of hydrogen-bond acceptors (Lipinski definition) is 4. The molecule has 0 aliphatic rings. The topological polar surface area (TPSA) is 90.0 Å². The van der Waals surface area contributed by atoms with Crippen LogP contribution >= 0.6 is 0 Å². The number of hydrogen-bond donors (Lipinski definition) is 2. The van der Waals surface area contributed by atoms with E-state index in [9.17, 15) is 8.42 Å². The molecule has 1 heterocycles. The maximum absolute atomic E-state index is 11.2. The average molecular weight is 336 g/mol. The van der Waals surface area contributed by atoms with Crippen LogP contribution in [0.1, 0.15) is 23.9 Å². The Bertz CT molecular complexity index is 751. The summed E-state index contributed by atoms with van der Waals surface area (Å²) in [7, 11) is -3.62. The minimum atomic E-state index is -3.62. The summed E-state index contributed by atoms with van der Waals surface area (Å²) in [6.45, 7) is 7.81. The first-order valence-electron chi connectivity index (χ1n) is 7.62. The third-order valence-corrected chi connectivity index (χ3v) is 4.64. The Morgan fingerprint density at radius 2 is 1.91 bits per heavy atom. The van der Waals surface area contributed by atoms with Crippen LogP contribution in [0.15, 0.2) is 35.2 Å². The Hall–Kier alpha value is -1.70. The van der Waals surface area contributed by atoms with E-state index in [1.807, 2.05) is 11.6 Å². The number of nitrogens with one attached hydrogen (secondary N) is 1. The van der Waals surface area contributed by atoms with Crippen molar-refractivity contribution in [2.45, 2.75) is 44.7 Å². The predicted octanol–water partition coefficient (Wildman–Crippen LogP) is 1.37. The molecule has 1 atom stereocenters. The normalized spacial score (nSPS) is 13.2. The van der Waals surface area contributed by atoms with Crippen molar-refractivity contribution in [3.8, 4) is 0 Å². The first-order chi connectivity index (χ1) is 10.8. The number of rotatable bonds is 7. The van der Waals surface area contributed by atoms with Gasteiger partial charge in [-0.05, 0) is 57.5 Å². The monoisotopic (exact) mass is 336 g/mol. The van der Waals surface area contributed by atoms with Crippen LogP contribution in [0.3, 0.4) is 0 Å². The number of aromatic nitrogens is 2. The fourth-order valence-electron chi connectivity index (χ4n) is 2.49. The summed E-state index contributed by atoms with van der Waals surface area (Å²) in [6, 6.07) is 9.06. The van der Waals surface area contributed by atoms with Gasteiger partial charge in [-0.3, -0.25) is 4.68 Å². The van der Waals surface area contributed by atoms with Gasteiger partial charge < -0.3 is 5.32 Å². The van der Waals surface area contributed by atoms with Gasteiger partial charge in [0.2, 0.25) is 10.0 Å². The van der Waals surface area contributed by atoms with Crippen molar-refractivity contribution in [1.82, 2.24) is 15.1 Å². The number of primary sulfonamides is 1. The molecule has 2 aromatic rings. The molecule has 6 nitrogen and oxygen atoms in total. The molecule has 0 aliphatic carbocycles. The second-order valence-electron chi connectivity index (χ2n) is 5.90. The Morgan fingerprint density at radius 1 is 1.26 bits per heavy atom. The zero-order chi connectivity index (χ0) is 17.0. The molecular weight excluding hydrogens is 312 g/mol. The number of aryl methyl sites for hydroxylation is 2. The van der Waals surface area contributed by atoms with E-state index in [1.54, 1.807) is 24.3 Å². The van der Waals surface area contributed by atoms with E-state index in [1.165, 1.54) is 0 Å². The minimum Gasteiger partial charge on any atom is -0.312 e. The zero-order valence-electron chi connectivity index (χ0n) is 13.8. The summed E-state index contributed by atoms with van der Waals surface area (Å²) in [5.74, 6) is 0. The highest BCUT2D eigenvalue weighted by Gasteiger charge is 2.08. The predicted molar refractivity (Wildman–Crippen MR) is 90.7 cm³/mol. The molecule has 0 amide bonds. The van der Waals surface area contributed by atoms with Gasteiger partial charge in [-0.25, -0.2) is 13.6 Å². The van der Waals surface area contributed by atoms with Gasteiger partial charge in [-0.2, -0.15) is 5.10 Å². The lowest BCUT2D eigenvalue weighted by Crippen LogP contribution is -2.32. The molecule has 0 aliphatic heterocycles. The van der Waals surface area contributed by atoms with E-state index >= 15 is 0 Å². The fraction of sp³-hybridized carbons (Fsp3) is 0.438. The molecule has 0 radical (unpaired) electrons. The zero-order valence-corrected chi connectivity index (χ0v) is 14.6. The van der Waals surface area contributed by atoms with Crippen molar-refractivity contribution < 1.29 is 8.42 Å². The molecule has 2 rings (SSSR count). The fourth-order valence-corrected chi connectivity index (χ4v) is 3.01. The van der Waals surface area contributed by atoms with Crippen molar-refractivity contribution >= 4 is 10.0 Å². The summed E-state index contributed by atoms with van der Waals surface area (Å²) in [5.41, 5.74) is 3.27. The molecular formula is C16H24N4O2S. The van der Waals surface area contributed by atoms with Crippen LogP contribution in [0.5, 0.6) is 0 Å². The van der Waals surface area contributed by atoms with Gasteiger partial charge in [0, 0.05) is 11.7 Å². The Kier molecular flexibility index (Phi) is 5.56. The maximum Gasteiger partial charge on any atom is 0.238 e. The molecule has 1 aromatic heterocycles. The number of benzene rings is 1. The summed E-state index contributed by atoms with van der Waals surface area (Å²) < 4.78 is 24.4. The van der Waals surface area contributed by atoms with Gasteiger partial charge in [0.1, 0.15) is 0 Å². The second kappa shape index (κ2) is 7.25. The smallest absolute Gasteiger partial charge is 0.238 e. The lowest BCUT2D eigenvalue weighted by Gasteiger charge is -2.15. The van der Waals surface area contributed by atoms with Crippen molar-refractivity contribution in [2.24, 2.45) is 5.14 Å². The van der Waals surface area contributed by atoms with Gasteiger partial charge in [-0.15, -0.1) is 0 Å². The molecule has 126 valence electrons. The van der Waals surface area contributed by atoms with Gasteiger partial charge in [0.15, 0.2) is 0 Å². The standard InChI is InChI=1S/C16H24N4O2S/c1-12-10-14(3)20(19-12)11-13(2)18-9-8-15-4-6-16(7-5-15)23(17,21)22/h4-7,10,13,18H,8-9,11H2,1-3H3,(H2,17,21,22). The van der Waals surface area contributed by atoms with Crippen molar-refractivity contribution in [3.63, 3.8) is 0 Å². The molecule has 7 heteroatoms. The Morgan fingerprint density at radius 3 is 2.43 bits per heavy atom. The summed E-state index contributed by atoms with van der Waals surface area (Å²) in [4.78, 5) is 0.145.